The third-order valence-corrected chi connectivity index (χ3v) is 2.02. The minimum Gasteiger partial charge on any atom is -0.236 e. The Labute approximate surface area is 89.8 Å². The zero-order valence-electron chi connectivity index (χ0n) is 8.34. The van der Waals surface area contributed by atoms with Gasteiger partial charge in [-0.2, -0.15) is 0 Å². The van der Waals surface area contributed by atoms with Gasteiger partial charge in [0.1, 0.15) is 0 Å². The van der Waals surface area contributed by atoms with Crippen molar-refractivity contribution in [2.45, 2.75) is 6.92 Å². The summed E-state index contributed by atoms with van der Waals surface area (Å²) in [7, 11) is 0. The molecule has 0 bridgehead atoms. The smallest absolute Gasteiger partial charge is 0.194 e. The molecule has 0 saturated heterocycles. The van der Waals surface area contributed by atoms with Gasteiger partial charge in [0, 0.05) is 18.0 Å². The van der Waals surface area contributed by atoms with Crippen LogP contribution in [0.4, 0.5) is 13.2 Å². The molecular formula is C11H7F3N2. The molecule has 0 unspecified atom stereocenters. The summed E-state index contributed by atoms with van der Waals surface area (Å²) in [5.74, 6) is -3.84. The molecule has 0 fully saturated rings. The summed E-state index contributed by atoms with van der Waals surface area (Å²) < 4.78 is 38.6. The van der Waals surface area contributed by atoms with Crippen LogP contribution in [0.3, 0.4) is 0 Å². The first-order valence-electron chi connectivity index (χ1n) is 4.51. The normalized spacial score (nSPS) is 10.5. The Morgan fingerprint density at radius 3 is 1.94 bits per heavy atom. The summed E-state index contributed by atoms with van der Waals surface area (Å²) in [6.45, 7) is 1.79. The molecule has 1 heterocycles. The third kappa shape index (κ3) is 1.88. The molecule has 16 heavy (non-hydrogen) atoms. The summed E-state index contributed by atoms with van der Waals surface area (Å²) in [6, 6.07) is 1.73. The Morgan fingerprint density at radius 2 is 1.44 bits per heavy atom. The molecule has 0 spiro atoms. The molecule has 1 aromatic heterocycles. The lowest BCUT2D eigenvalue weighted by Crippen LogP contribution is -1.95. The monoisotopic (exact) mass is 224 g/mol. The van der Waals surface area contributed by atoms with Crippen LogP contribution >= 0.6 is 0 Å². The molecule has 2 aromatic rings. The number of nitrogens with zero attached hydrogens (tertiary/aromatic N) is 2. The van der Waals surface area contributed by atoms with Gasteiger partial charge in [0.05, 0.1) is 0 Å². The average Bonchev–Trinajstić information content (AvgIpc) is 2.26. The molecule has 0 aliphatic heterocycles. The van der Waals surface area contributed by atoms with Crippen LogP contribution in [-0.2, 0) is 0 Å². The summed E-state index contributed by atoms with van der Waals surface area (Å²) in [5.41, 5.74) is 0.934. The van der Waals surface area contributed by atoms with Gasteiger partial charge in [0.25, 0.3) is 0 Å². The molecule has 0 amide bonds. The Morgan fingerprint density at radius 1 is 0.938 bits per heavy atom. The van der Waals surface area contributed by atoms with E-state index in [2.05, 4.69) is 9.97 Å². The highest BCUT2D eigenvalue weighted by Gasteiger charge is 2.12. The molecule has 0 radical (unpaired) electrons. The number of rotatable bonds is 1. The van der Waals surface area contributed by atoms with Gasteiger partial charge >= 0.3 is 0 Å². The lowest BCUT2D eigenvalue weighted by atomic mass is 10.2. The van der Waals surface area contributed by atoms with Crippen molar-refractivity contribution in [3.05, 3.63) is 47.5 Å². The fourth-order valence-electron chi connectivity index (χ4n) is 1.23. The van der Waals surface area contributed by atoms with Crippen molar-refractivity contribution < 1.29 is 13.2 Å². The summed E-state index contributed by atoms with van der Waals surface area (Å²) in [5, 5.41) is 0. The fourth-order valence-corrected chi connectivity index (χ4v) is 1.23. The molecule has 0 aliphatic rings. The van der Waals surface area contributed by atoms with Gasteiger partial charge in [0.2, 0.25) is 0 Å². The van der Waals surface area contributed by atoms with Crippen molar-refractivity contribution in [3.8, 4) is 11.4 Å². The molecule has 0 aliphatic carbocycles. The molecule has 1 aromatic carbocycles. The largest absolute Gasteiger partial charge is 0.236 e. The van der Waals surface area contributed by atoms with E-state index in [4.69, 9.17) is 0 Å². The highest BCUT2D eigenvalue weighted by atomic mass is 19.2. The summed E-state index contributed by atoms with van der Waals surface area (Å²) in [6.07, 6.45) is 3.03. The van der Waals surface area contributed by atoms with Gasteiger partial charge in [-0.05, 0) is 24.6 Å². The van der Waals surface area contributed by atoms with Crippen LogP contribution in [0.2, 0.25) is 0 Å². The van der Waals surface area contributed by atoms with Gasteiger partial charge < -0.3 is 0 Å². The standard InChI is InChI=1S/C11H7F3N2/c1-6-4-15-11(16-5-6)7-2-8(12)10(14)9(13)3-7/h2-5H,1H3. The van der Waals surface area contributed by atoms with Gasteiger partial charge in [-0.3, -0.25) is 0 Å². The third-order valence-electron chi connectivity index (χ3n) is 2.02. The van der Waals surface area contributed by atoms with Crippen LogP contribution in [0.25, 0.3) is 11.4 Å². The quantitative estimate of drug-likeness (QED) is 0.696. The Bertz CT molecular complexity index is 500. The highest BCUT2D eigenvalue weighted by molar-refractivity contribution is 5.54. The Kier molecular flexibility index (Phi) is 2.60. The van der Waals surface area contributed by atoms with Gasteiger partial charge in [-0.1, -0.05) is 0 Å². The maximum absolute atomic E-state index is 12.9. The van der Waals surface area contributed by atoms with E-state index >= 15 is 0 Å². The number of aromatic nitrogens is 2. The summed E-state index contributed by atoms with van der Waals surface area (Å²) >= 11 is 0. The first-order valence-corrected chi connectivity index (χ1v) is 4.51. The van der Waals surface area contributed by atoms with Gasteiger partial charge in [0.15, 0.2) is 23.3 Å². The minimum absolute atomic E-state index is 0.108. The van der Waals surface area contributed by atoms with Crippen LogP contribution in [0.15, 0.2) is 24.5 Å². The summed E-state index contributed by atoms with van der Waals surface area (Å²) in [4.78, 5) is 7.79. The maximum Gasteiger partial charge on any atom is 0.194 e. The van der Waals surface area contributed by atoms with Crippen molar-refractivity contribution in [2.24, 2.45) is 0 Å². The van der Waals surface area contributed by atoms with E-state index in [-0.39, 0.29) is 11.4 Å². The van der Waals surface area contributed by atoms with Crippen LogP contribution in [0.1, 0.15) is 5.56 Å². The van der Waals surface area contributed by atoms with Crippen LogP contribution < -0.4 is 0 Å². The van der Waals surface area contributed by atoms with E-state index in [1.54, 1.807) is 6.92 Å². The number of aryl methyl sites for hydroxylation is 1. The molecule has 2 nitrogen and oxygen atoms in total. The Hall–Kier alpha value is -1.91. The molecule has 5 heteroatoms. The predicted molar refractivity (Wildman–Crippen MR) is 52.1 cm³/mol. The average molecular weight is 224 g/mol. The van der Waals surface area contributed by atoms with Crippen molar-refractivity contribution in [2.75, 3.05) is 0 Å². The van der Waals surface area contributed by atoms with E-state index in [1.807, 2.05) is 0 Å². The van der Waals surface area contributed by atoms with E-state index in [0.717, 1.165) is 17.7 Å². The Balaban J connectivity index is 2.52. The van der Waals surface area contributed by atoms with E-state index < -0.39 is 17.5 Å². The van der Waals surface area contributed by atoms with Crippen molar-refractivity contribution in [3.63, 3.8) is 0 Å². The molecular weight excluding hydrogens is 217 g/mol. The SMILES string of the molecule is Cc1cnc(-c2cc(F)c(F)c(F)c2)nc1. The highest BCUT2D eigenvalue weighted by Crippen LogP contribution is 2.20. The zero-order valence-corrected chi connectivity index (χ0v) is 8.34. The zero-order chi connectivity index (χ0) is 11.7. The van der Waals surface area contributed by atoms with Crippen LogP contribution in [0, 0.1) is 24.4 Å². The fraction of sp³-hybridized carbons (Fsp3) is 0.0909. The second-order valence-electron chi connectivity index (χ2n) is 3.34. The lowest BCUT2D eigenvalue weighted by molar-refractivity contribution is 0.447. The predicted octanol–water partition coefficient (Wildman–Crippen LogP) is 2.87. The second kappa shape index (κ2) is 3.92. The number of hydrogen-bond acceptors (Lipinski definition) is 2. The second-order valence-corrected chi connectivity index (χ2v) is 3.34. The van der Waals surface area contributed by atoms with Crippen molar-refractivity contribution in [1.29, 1.82) is 0 Å². The molecule has 0 saturated carbocycles. The van der Waals surface area contributed by atoms with Crippen LogP contribution in [-0.4, -0.2) is 9.97 Å². The maximum atomic E-state index is 12.9. The topological polar surface area (TPSA) is 25.8 Å². The molecule has 2 rings (SSSR count). The van der Waals surface area contributed by atoms with Gasteiger partial charge in [-0.25, -0.2) is 23.1 Å². The van der Waals surface area contributed by atoms with E-state index in [9.17, 15) is 13.2 Å². The lowest BCUT2D eigenvalue weighted by Gasteiger charge is -2.02. The first-order chi connectivity index (χ1) is 7.58. The van der Waals surface area contributed by atoms with Gasteiger partial charge in [-0.15, -0.1) is 0 Å². The van der Waals surface area contributed by atoms with E-state index in [1.165, 1.54) is 12.4 Å². The number of benzene rings is 1. The van der Waals surface area contributed by atoms with Crippen molar-refractivity contribution in [1.82, 2.24) is 9.97 Å². The number of halogens is 3. The molecule has 82 valence electrons. The first kappa shape index (κ1) is 10.6. The van der Waals surface area contributed by atoms with Crippen molar-refractivity contribution >= 4 is 0 Å². The number of hydrogen-bond donors (Lipinski definition) is 0. The molecule has 0 atom stereocenters. The van der Waals surface area contributed by atoms with Crippen LogP contribution in [0.5, 0.6) is 0 Å². The molecule has 0 N–H and O–H groups in total. The minimum atomic E-state index is -1.49. The van der Waals surface area contributed by atoms with E-state index in [0.29, 0.717) is 0 Å².